The summed E-state index contributed by atoms with van der Waals surface area (Å²) in [6.07, 6.45) is 0. The number of hydrogen-bond acceptors (Lipinski definition) is 1. The molecule has 0 heterocycles. The van der Waals surface area contributed by atoms with Crippen LogP contribution in [0.25, 0.3) is 0 Å². The molecule has 0 N–H and O–H groups in total. The molecule has 0 aliphatic heterocycles. The minimum atomic E-state index is -1.84. The summed E-state index contributed by atoms with van der Waals surface area (Å²) in [4.78, 5) is 13.4. The number of rotatable bonds is 4. The molecule has 0 atom stereocenters. The van der Waals surface area contributed by atoms with Crippen LogP contribution in [-0.2, 0) is 4.79 Å². The smallest absolute Gasteiger partial charge is 0.274 e. The maximum atomic E-state index is 11.8. The first-order chi connectivity index (χ1) is 6.64. The van der Waals surface area contributed by atoms with Crippen molar-refractivity contribution < 1.29 is 4.79 Å². The van der Waals surface area contributed by atoms with E-state index in [1.165, 1.54) is 0 Å². The Kier molecular flexibility index (Phi) is 6.31. The lowest BCUT2D eigenvalue weighted by Crippen LogP contribution is -2.43. The molecule has 0 radical (unpaired) electrons. The molecule has 0 spiro atoms. The summed E-state index contributed by atoms with van der Waals surface area (Å²) in [5.41, 5.74) is 0. The predicted octanol–water partition coefficient (Wildman–Crippen LogP) is 3.50. The van der Waals surface area contributed by atoms with Crippen molar-refractivity contribution in [3.63, 3.8) is 0 Å². The molecule has 0 aliphatic rings. The van der Waals surface area contributed by atoms with Gasteiger partial charge in [-0.2, -0.15) is 0 Å². The molecule has 0 saturated heterocycles. The fraction of sp³-hybridized carbons (Fsp3) is 0.900. The van der Waals surface area contributed by atoms with E-state index >= 15 is 0 Å². The lowest BCUT2D eigenvalue weighted by atomic mass is 10.1. The van der Waals surface area contributed by atoms with Gasteiger partial charge in [-0.3, -0.25) is 4.79 Å². The number of carbonyl (C=O) groups excluding carboxylic acids is 1. The SMILES string of the molecule is CC(C)CN(CC(C)C)C(=O)C(Cl)(Cl)Cl. The van der Waals surface area contributed by atoms with Crippen LogP contribution in [0.1, 0.15) is 27.7 Å². The zero-order chi connectivity index (χ0) is 12.2. The van der Waals surface area contributed by atoms with Crippen molar-refractivity contribution in [2.45, 2.75) is 31.5 Å². The van der Waals surface area contributed by atoms with Crippen LogP contribution in [-0.4, -0.2) is 27.7 Å². The van der Waals surface area contributed by atoms with Crippen molar-refractivity contribution in [3.05, 3.63) is 0 Å². The van der Waals surface area contributed by atoms with E-state index in [9.17, 15) is 4.79 Å². The highest BCUT2D eigenvalue weighted by atomic mass is 35.6. The van der Waals surface area contributed by atoms with Crippen LogP contribution in [0, 0.1) is 11.8 Å². The first-order valence-corrected chi connectivity index (χ1v) is 6.14. The maximum Gasteiger partial charge on any atom is 0.274 e. The lowest BCUT2D eigenvalue weighted by molar-refractivity contribution is -0.131. The van der Waals surface area contributed by atoms with E-state index < -0.39 is 9.70 Å². The van der Waals surface area contributed by atoms with Crippen molar-refractivity contribution in [1.29, 1.82) is 0 Å². The van der Waals surface area contributed by atoms with E-state index in [0.717, 1.165) is 0 Å². The molecule has 0 aliphatic carbocycles. The second-order valence-corrected chi connectivity index (χ2v) is 6.78. The van der Waals surface area contributed by atoms with Crippen molar-refractivity contribution in [3.8, 4) is 0 Å². The highest BCUT2D eigenvalue weighted by Gasteiger charge is 2.35. The van der Waals surface area contributed by atoms with Gasteiger partial charge in [-0.1, -0.05) is 62.5 Å². The van der Waals surface area contributed by atoms with Crippen LogP contribution in [0.5, 0.6) is 0 Å². The van der Waals surface area contributed by atoms with Gasteiger partial charge in [0.2, 0.25) is 0 Å². The van der Waals surface area contributed by atoms with E-state index in [2.05, 4.69) is 0 Å². The highest BCUT2D eigenvalue weighted by molar-refractivity contribution is 6.76. The van der Waals surface area contributed by atoms with Gasteiger partial charge in [0.25, 0.3) is 9.70 Å². The van der Waals surface area contributed by atoms with Gasteiger partial charge in [-0.25, -0.2) is 0 Å². The number of hydrogen-bond donors (Lipinski definition) is 0. The summed E-state index contributed by atoms with van der Waals surface area (Å²) in [6, 6.07) is 0. The molecule has 1 amide bonds. The van der Waals surface area contributed by atoms with E-state index in [0.29, 0.717) is 24.9 Å². The largest absolute Gasteiger partial charge is 0.338 e. The number of amides is 1. The predicted molar refractivity (Wildman–Crippen MR) is 66.5 cm³/mol. The average Bonchev–Trinajstić information content (AvgIpc) is 1.98. The van der Waals surface area contributed by atoms with Gasteiger partial charge in [0.1, 0.15) is 0 Å². The standard InChI is InChI=1S/C10H18Cl3NO/c1-7(2)5-14(6-8(3)4)9(15)10(11,12)13/h7-8H,5-6H2,1-4H3. The van der Waals surface area contributed by atoms with E-state index in [1.54, 1.807) is 4.90 Å². The Bertz CT molecular complexity index is 201. The molecule has 2 nitrogen and oxygen atoms in total. The Morgan fingerprint density at radius 2 is 1.40 bits per heavy atom. The molecule has 0 rings (SSSR count). The summed E-state index contributed by atoms with van der Waals surface area (Å²) >= 11 is 16.8. The average molecular weight is 275 g/mol. The third-order valence-electron chi connectivity index (χ3n) is 1.70. The molecule has 0 aromatic rings. The fourth-order valence-electron chi connectivity index (χ4n) is 1.30. The molecule has 15 heavy (non-hydrogen) atoms. The molecule has 0 aromatic carbocycles. The minimum Gasteiger partial charge on any atom is -0.338 e. The number of alkyl halides is 3. The third kappa shape index (κ3) is 6.49. The summed E-state index contributed by atoms with van der Waals surface area (Å²) in [6.45, 7) is 9.34. The molecule has 0 bridgehead atoms. The summed E-state index contributed by atoms with van der Waals surface area (Å²) < 4.78 is -1.84. The van der Waals surface area contributed by atoms with Gasteiger partial charge in [0, 0.05) is 13.1 Å². The minimum absolute atomic E-state index is 0.361. The summed E-state index contributed by atoms with van der Waals surface area (Å²) in [7, 11) is 0. The van der Waals surface area contributed by atoms with Crippen molar-refractivity contribution in [1.82, 2.24) is 4.90 Å². The first kappa shape index (κ1) is 15.3. The molecule has 5 heteroatoms. The summed E-state index contributed by atoms with van der Waals surface area (Å²) in [5, 5.41) is 0. The van der Waals surface area contributed by atoms with Gasteiger partial charge in [0.05, 0.1) is 0 Å². The topological polar surface area (TPSA) is 20.3 Å². The Hall–Kier alpha value is 0.340. The lowest BCUT2D eigenvalue weighted by Gasteiger charge is -2.28. The molecular formula is C10H18Cl3NO. The van der Waals surface area contributed by atoms with Crippen LogP contribution >= 0.6 is 34.8 Å². The number of carbonyl (C=O) groups is 1. The monoisotopic (exact) mass is 273 g/mol. The molecule has 0 aromatic heterocycles. The number of nitrogens with zero attached hydrogens (tertiary/aromatic N) is 1. The van der Waals surface area contributed by atoms with Crippen LogP contribution in [0.4, 0.5) is 0 Å². The Morgan fingerprint density at radius 1 is 1.07 bits per heavy atom. The van der Waals surface area contributed by atoms with Gasteiger partial charge < -0.3 is 4.90 Å². The zero-order valence-corrected chi connectivity index (χ0v) is 11.8. The Balaban J connectivity index is 4.55. The van der Waals surface area contributed by atoms with Crippen molar-refractivity contribution in [2.75, 3.05) is 13.1 Å². The van der Waals surface area contributed by atoms with E-state index in [4.69, 9.17) is 34.8 Å². The van der Waals surface area contributed by atoms with Crippen LogP contribution < -0.4 is 0 Å². The maximum absolute atomic E-state index is 11.8. The van der Waals surface area contributed by atoms with Gasteiger partial charge >= 0.3 is 0 Å². The zero-order valence-electron chi connectivity index (χ0n) is 9.56. The van der Waals surface area contributed by atoms with Crippen LogP contribution in [0.3, 0.4) is 0 Å². The van der Waals surface area contributed by atoms with E-state index in [1.807, 2.05) is 27.7 Å². The second kappa shape index (κ2) is 6.17. The summed E-state index contributed by atoms with van der Waals surface area (Å²) in [5.74, 6) is 0.287. The first-order valence-electron chi connectivity index (χ1n) is 5.00. The van der Waals surface area contributed by atoms with Crippen LogP contribution in [0.15, 0.2) is 0 Å². The van der Waals surface area contributed by atoms with Crippen LogP contribution in [0.2, 0.25) is 0 Å². The molecule has 0 fully saturated rings. The Morgan fingerprint density at radius 3 is 1.60 bits per heavy atom. The quantitative estimate of drug-likeness (QED) is 0.719. The normalized spacial score (nSPS) is 12.3. The van der Waals surface area contributed by atoms with Crippen molar-refractivity contribution in [2.24, 2.45) is 11.8 Å². The van der Waals surface area contributed by atoms with Crippen molar-refractivity contribution >= 4 is 40.7 Å². The highest BCUT2D eigenvalue weighted by Crippen LogP contribution is 2.29. The molecule has 90 valence electrons. The fourth-order valence-corrected chi connectivity index (χ4v) is 1.66. The third-order valence-corrected chi connectivity index (χ3v) is 2.19. The number of halogens is 3. The van der Waals surface area contributed by atoms with Gasteiger partial charge in [0.15, 0.2) is 0 Å². The molecule has 0 unspecified atom stereocenters. The van der Waals surface area contributed by atoms with Gasteiger partial charge in [-0.15, -0.1) is 0 Å². The van der Waals surface area contributed by atoms with Gasteiger partial charge in [-0.05, 0) is 11.8 Å². The molecule has 0 saturated carbocycles. The molecular weight excluding hydrogens is 256 g/mol. The Labute approximate surface area is 107 Å². The van der Waals surface area contributed by atoms with E-state index in [-0.39, 0.29) is 0 Å². The second-order valence-electron chi connectivity index (χ2n) is 4.50.